The van der Waals surface area contributed by atoms with Crippen molar-refractivity contribution in [1.29, 1.82) is 0 Å². The van der Waals surface area contributed by atoms with Crippen LogP contribution < -0.4 is 18.9 Å². The molecule has 4 heteroatoms. The second kappa shape index (κ2) is 26.8. The molecule has 326 valence electrons. The maximum Gasteiger partial charge on any atom is 0.127 e. The molecule has 0 aliphatic heterocycles. The van der Waals surface area contributed by atoms with Gasteiger partial charge in [-0.2, -0.15) is 0 Å². The first-order chi connectivity index (χ1) is 30.7. The molecule has 4 nitrogen and oxygen atoms in total. The van der Waals surface area contributed by atoms with Crippen LogP contribution in [-0.4, -0.2) is 26.4 Å². The molecule has 0 aromatic heterocycles. The number of unbranched alkanes of at least 4 members (excludes halogenated alkanes) is 10. The minimum absolute atomic E-state index is 0.685. The first-order valence-electron chi connectivity index (χ1n) is 23.8. The Morgan fingerprint density at radius 2 is 0.613 bits per heavy atom. The number of hydrogen-bond acceptors (Lipinski definition) is 4. The van der Waals surface area contributed by atoms with Crippen LogP contribution in [0.2, 0.25) is 0 Å². The van der Waals surface area contributed by atoms with Crippen molar-refractivity contribution in [3.8, 4) is 56.4 Å². The van der Waals surface area contributed by atoms with Crippen LogP contribution in [0.5, 0.6) is 23.0 Å². The number of benzene rings is 6. The quantitative estimate of drug-likeness (QED) is 0.0441. The van der Waals surface area contributed by atoms with Gasteiger partial charge in [0, 0.05) is 11.1 Å². The summed E-state index contributed by atoms with van der Waals surface area (Å²) in [5.41, 5.74) is 9.96. The van der Waals surface area contributed by atoms with Gasteiger partial charge in [-0.25, -0.2) is 0 Å². The summed E-state index contributed by atoms with van der Waals surface area (Å²) in [4.78, 5) is 0. The Morgan fingerprint density at radius 1 is 0.290 bits per heavy atom. The summed E-state index contributed by atoms with van der Waals surface area (Å²) >= 11 is 0. The van der Waals surface area contributed by atoms with Crippen LogP contribution in [0.3, 0.4) is 0 Å². The SMILES string of the molecule is CCCCCc1ccc(-c2ccc(OCCCCCCOc3ccccc3-c3ccccc3OCCCCCCOc3ccc(-c4ccc(CCCCC)cc4)cc3)cc2)cc1. The standard InChI is InChI=1S/C58H70O4/c1-3-5-11-21-47-27-31-49(32-28-47)51-35-39-53(40-36-51)59-43-17-7-9-19-45-61-57-25-15-13-23-55(57)56-24-14-16-26-58(56)62-46-20-10-8-18-44-60-54-41-37-52(38-42-54)50-33-29-48(30-34-50)22-12-6-4-2/h13-16,23-42H,3-12,17-22,43-46H2,1-2H3. The van der Waals surface area contributed by atoms with Crippen molar-refractivity contribution in [2.45, 2.75) is 117 Å². The second-order valence-corrected chi connectivity index (χ2v) is 16.6. The Kier molecular flexibility index (Phi) is 19.9. The van der Waals surface area contributed by atoms with Gasteiger partial charge >= 0.3 is 0 Å². The fourth-order valence-electron chi connectivity index (χ4n) is 7.86. The maximum atomic E-state index is 6.36. The molecule has 62 heavy (non-hydrogen) atoms. The molecule has 6 aromatic rings. The van der Waals surface area contributed by atoms with Gasteiger partial charge in [-0.05, 0) is 147 Å². The van der Waals surface area contributed by atoms with Crippen molar-refractivity contribution in [3.05, 3.63) is 157 Å². The molecular weight excluding hydrogens is 761 g/mol. The van der Waals surface area contributed by atoms with Gasteiger partial charge in [-0.15, -0.1) is 0 Å². The number of ether oxygens (including phenoxy) is 4. The molecule has 0 heterocycles. The summed E-state index contributed by atoms with van der Waals surface area (Å²) in [5, 5.41) is 0. The Balaban J connectivity index is 0.828. The van der Waals surface area contributed by atoms with E-state index < -0.39 is 0 Å². The van der Waals surface area contributed by atoms with Crippen molar-refractivity contribution >= 4 is 0 Å². The predicted molar refractivity (Wildman–Crippen MR) is 261 cm³/mol. The topological polar surface area (TPSA) is 36.9 Å². The van der Waals surface area contributed by atoms with Crippen LogP contribution in [0.15, 0.2) is 146 Å². The number of aryl methyl sites for hydroxylation is 2. The fraction of sp³-hybridized carbons (Fsp3) is 0.379. The zero-order chi connectivity index (χ0) is 42.9. The van der Waals surface area contributed by atoms with Crippen LogP contribution in [0.1, 0.15) is 115 Å². The highest BCUT2D eigenvalue weighted by atomic mass is 16.5. The first-order valence-corrected chi connectivity index (χ1v) is 23.8. The lowest BCUT2D eigenvalue weighted by molar-refractivity contribution is 0.286. The van der Waals surface area contributed by atoms with E-state index in [1.54, 1.807) is 0 Å². The Morgan fingerprint density at radius 3 is 0.968 bits per heavy atom. The molecule has 0 N–H and O–H groups in total. The average molecular weight is 831 g/mol. The van der Waals surface area contributed by atoms with Gasteiger partial charge in [-0.3, -0.25) is 0 Å². The van der Waals surface area contributed by atoms with E-state index in [0.29, 0.717) is 13.2 Å². The minimum Gasteiger partial charge on any atom is -0.494 e. The monoisotopic (exact) mass is 831 g/mol. The second-order valence-electron chi connectivity index (χ2n) is 16.6. The molecule has 0 radical (unpaired) electrons. The Labute approximate surface area is 373 Å². The van der Waals surface area contributed by atoms with Crippen molar-refractivity contribution in [3.63, 3.8) is 0 Å². The minimum atomic E-state index is 0.685. The third-order valence-corrected chi connectivity index (χ3v) is 11.6. The van der Waals surface area contributed by atoms with Crippen molar-refractivity contribution in [2.75, 3.05) is 26.4 Å². The van der Waals surface area contributed by atoms with Gasteiger partial charge < -0.3 is 18.9 Å². The molecule has 0 fully saturated rings. The molecule has 0 amide bonds. The van der Waals surface area contributed by atoms with Crippen molar-refractivity contribution < 1.29 is 18.9 Å². The molecule has 0 aliphatic rings. The third-order valence-electron chi connectivity index (χ3n) is 11.6. The van der Waals surface area contributed by atoms with E-state index >= 15 is 0 Å². The Bertz CT molecular complexity index is 1950. The summed E-state index contributed by atoms with van der Waals surface area (Å²) in [6.45, 7) is 7.33. The first kappa shape index (κ1) is 46.0. The van der Waals surface area contributed by atoms with E-state index in [1.807, 2.05) is 12.1 Å². The highest BCUT2D eigenvalue weighted by Gasteiger charge is 2.12. The van der Waals surface area contributed by atoms with Crippen LogP contribution in [0.4, 0.5) is 0 Å². The van der Waals surface area contributed by atoms with Gasteiger partial charge in [0.2, 0.25) is 0 Å². The maximum absolute atomic E-state index is 6.36. The largest absolute Gasteiger partial charge is 0.494 e. The van der Waals surface area contributed by atoms with Crippen LogP contribution >= 0.6 is 0 Å². The van der Waals surface area contributed by atoms with Crippen LogP contribution in [-0.2, 0) is 12.8 Å². The zero-order valence-electron chi connectivity index (χ0n) is 37.6. The summed E-state index contributed by atoms with van der Waals surface area (Å²) < 4.78 is 24.9. The lowest BCUT2D eigenvalue weighted by Crippen LogP contribution is -2.02. The number of para-hydroxylation sites is 2. The molecule has 0 atom stereocenters. The highest BCUT2D eigenvalue weighted by molar-refractivity contribution is 5.75. The molecular formula is C58H70O4. The average Bonchev–Trinajstić information content (AvgIpc) is 3.32. The normalized spacial score (nSPS) is 11.1. The molecule has 0 saturated carbocycles. The molecule has 0 saturated heterocycles. The lowest BCUT2D eigenvalue weighted by atomic mass is 10.0. The van der Waals surface area contributed by atoms with Crippen LogP contribution in [0, 0.1) is 0 Å². The molecule has 6 aromatic carbocycles. The number of hydrogen-bond donors (Lipinski definition) is 0. The van der Waals surface area contributed by atoms with Gasteiger partial charge in [-0.1, -0.05) is 149 Å². The summed E-state index contributed by atoms with van der Waals surface area (Å²) in [7, 11) is 0. The van der Waals surface area contributed by atoms with E-state index in [2.05, 4.69) is 147 Å². The summed E-state index contributed by atoms with van der Waals surface area (Å²) in [5.74, 6) is 3.67. The predicted octanol–water partition coefficient (Wildman–Crippen LogP) is 16.2. The van der Waals surface area contributed by atoms with E-state index in [-0.39, 0.29) is 0 Å². The highest BCUT2D eigenvalue weighted by Crippen LogP contribution is 2.36. The summed E-state index contributed by atoms with van der Waals surface area (Å²) in [6, 6.07) is 51.7. The van der Waals surface area contributed by atoms with Gasteiger partial charge in [0.15, 0.2) is 0 Å². The zero-order valence-corrected chi connectivity index (χ0v) is 37.6. The van der Waals surface area contributed by atoms with Crippen LogP contribution in [0.25, 0.3) is 33.4 Å². The molecule has 6 rings (SSSR count). The molecule has 0 unspecified atom stereocenters. The van der Waals surface area contributed by atoms with Gasteiger partial charge in [0.05, 0.1) is 26.4 Å². The molecule has 0 spiro atoms. The lowest BCUT2D eigenvalue weighted by Gasteiger charge is -2.15. The Hall–Kier alpha value is -5.48. The van der Waals surface area contributed by atoms with Gasteiger partial charge in [0.1, 0.15) is 23.0 Å². The molecule has 0 aliphatic carbocycles. The third kappa shape index (κ3) is 15.5. The van der Waals surface area contributed by atoms with Crippen molar-refractivity contribution in [1.82, 2.24) is 0 Å². The number of rotatable bonds is 29. The van der Waals surface area contributed by atoms with E-state index in [4.69, 9.17) is 18.9 Å². The fourth-order valence-corrected chi connectivity index (χ4v) is 7.86. The van der Waals surface area contributed by atoms with Gasteiger partial charge in [0.25, 0.3) is 0 Å². The van der Waals surface area contributed by atoms with E-state index in [0.717, 1.165) is 98.7 Å². The summed E-state index contributed by atoms with van der Waals surface area (Å²) in [6.07, 6.45) is 18.5. The van der Waals surface area contributed by atoms with Crippen molar-refractivity contribution in [2.24, 2.45) is 0 Å². The molecule has 0 bridgehead atoms. The van der Waals surface area contributed by atoms with E-state index in [9.17, 15) is 0 Å². The smallest absolute Gasteiger partial charge is 0.127 e. The van der Waals surface area contributed by atoms with E-state index in [1.165, 1.54) is 84.7 Å².